The highest BCUT2D eigenvalue weighted by molar-refractivity contribution is 6.05. The predicted molar refractivity (Wildman–Crippen MR) is 157 cm³/mol. The van der Waals surface area contributed by atoms with E-state index in [1.807, 2.05) is 42.5 Å². The zero-order valence-electron chi connectivity index (χ0n) is 21.9. The molecule has 3 nitrogen and oxygen atoms in total. The second-order valence-corrected chi connectivity index (χ2v) is 9.49. The molecule has 0 amide bonds. The van der Waals surface area contributed by atoms with Gasteiger partial charge in [-0.05, 0) is 94.0 Å². The summed E-state index contributed by atoms with van der Waals surface area (Å²) in [5.74, 6) is 1.38. The summed E-state index contributed by atoms with van der Waals surface area (Å²) in [4.78, 5) is 0. The Morgan fingerprint density at radius 3 is 1.82 bits per heavy atom. The largest absolute Gasteiger partial charge is 0.497 e. The first-order chi connectivity index (χ1) is 19.1. The van der Waals surface area contributed by atoms with E-state index in [1.54, 1.807) is 14.2 Å². The molecule has 6 rings (SSSR count). The van der Waals surface area contributed by atoms with Crippen molar-refractivity contribution in [2.24, 2.45) is 0 Å². The van der Waals surface area contributed by atoms with Gasteiger partial charge in [-0.2, -0.15) is 0 Å². The molecule has 0 unspecified atom stereocenters. The number of ether oxygens (including phenoxy) is 2. The van der Waals surface area contributed by atoms with Gasteiger partial charge >= 0.3 is 0 Å². The smallest absolute Gasteiger partial charge is 0.123 e. The fourth-order valence-electron chi connectivity index (χ4n) is 5.21. The highest BCUT2D eigenvalue weighted by Crippen LogP contribution is 2.42. The highest BCUT2D eigenvalue weighted by Gasteiger charge is 2.19. The minimum atomic E-state index is -0.245. The third-order valence-electron chi connectivity index (χ3n) is 7.19. The number of rotatable bonds is 7. The van der Waals surface area contributed by atoms with E-state index < -0.39 is 0 Å². The Kier molecular flexibility index (Phi) is 6.60. The summed E-state index contributed by atoms with van der Waals surface area (Å²) in [5.41, 5.74) is 8.77. The Hall–Kier alpha value is -4.83. The molecule has 0 saturated carbocycles. The summed E-state index contributed by atoms with van der Waals surface area (Å²) in [5, 5.41) is 1.13. The molecule has 0 N–H and O–H groups in total. The molecule has 6 aromatic rings. The molecule has 0 aliphatic heterocycles. The van der Waals surface area contributed by atoms with E-state index in [-0.39, 0.29) is 5.82 Å². The summed E-state index contributed by atoms with van der Waals surface area (Å²) < 4.78 is 27.0. The Morgan fingerprint density at radius 2 is 1.21 bits per heavy atom. The van der Waals surface area contributed by atoms with Gasteiger partial charge in [-0.1, -0.05) is 60.7 Å². The summed E-state index contributed by atoms with van der Waals surface area (Å²) in [6, 6.07) is 40.1. The molecule has 0 bridgehead atoms. The van der Waals surface area contributed by atoms with Crippen LogP contribution in [0.4, 0.5) is 4.39 Å². The SMILES string of the molecule is COc1ccc(-c2ccc3c(cc(-c4ccc(F)cc4)n3Cc3ccccc3)c2-c2ccc(OC)cc2)cc1. The molecular weight excluding hydrogens is 485 g/mol. The van der Waals surface area contributed by atoms with Gasteiger partial charge in [0.25, 0.3) is 0 Å². The molecule has 0 radical (unpaired) electrons. The molecule has 39 heavy (non-hydrogen) atoms. The average molecular weight is 514 g/mol. The molecular formula is C35H28FNO2. The van der Waals surface area contributed by atoms with E-state index in [0.717, 1.165) is 55.9 Å². The monoisotopic (exact) mass is 513 g/mol. The third-order valence-corrected chi connectivity index (χ3v) is 7.19. The van der Waals surface area contributed by atoms with E-state index in [2.05, 4.69) is 71.3 Å². The number of methoxy groups -OCH3 is 2. The lowest BCUT2D eigenvalue weighted by Gasteiger charge is -2.15. The molecule has 0 saturated heterocycles. The average Bonchev–Trinajstić information content (AvgIpc) is 3.35. The zero-order valence-corrected chi connectivity index (χ0v) is 21.9. The number of benzene rings is 5. The van der Waals surface area contributed by atoms with Gasteiger partial charge in [0.05, 0.1) is 14.2 Å². The van der Waals surface area contributed by atoms with Crippen molar-refractivity contribution in [1.29, 1.82) is 0 Å². The molecule has 5 aromatic carbocycles. The van der Waals surface area contributed by atoms with Crippen LogP contribution in [-0.2, 0) is 6.54 Å². The molecule has 0 atom stereocenters. The second kappa shape index (κ2) is 10.5. The summed E-state index contributed by atoms with van der Waals surface area (Å²) >= 11 is 0. The van der Waals surface area contributed by atoms with Gasteiger partial charge in [-0.3, -0.25) is 0 Å². The maximum atomic E-state index is 13.9. The van der Waals surface area contributed by atoms with E-state index >= 15 is 0 Å². The Labute approximate surface area is 227 Å². The lowest BCUT2D eigenvalue weighted by Crippen LogP contribution is -2.01. The normalized spacial score (nSPS) is 11.1. The van der Waals surface area contributed by atoms with Gasteiger partial charge in [0.1, 0.15) is 17.3 Å². The Balaban J connectivity index is 1.64. The molecule has 0 aliphatic rings. The van der Waals surface area contributed by atoms with E-state index in [4.69, 9.17) is 9.47 Å². The fraction of sp³-hybridized carbons (Fsp3) is 0.0857. The fourth-order valence-corrected chi connectivity index (χ4v) is 5.21. The Morgan fingerprint density at radius 1 is 0.615 bits per heavy atom. The maximum absolute atomic E-state index is 13.9. The summed E-state index contributed by atoms with van der Waals surface area (Å²) in [7, 11) is 3.35. The van der Waals surface area contributed by atoms with Gasteiger partial charge in [0, 0.05) is 23.1 Å². The van der Waals surface area contributed by atoms with Crippen LogP contribution in [0.25, 0.3) is 44.4 Å². The minimum absolute atomic E-state index is 0.245. The molecule has 0 aliphatic carbocycles. The first kappa shape index (κ1) is 24.5. The van der Waals surface area contributed by atoms with Crippen molar-refractivity contribution in [1.82, 2.24) is 4.57 Å². The van der Waals surface area contributed by atoms with Crippen molar-refractivity contribution >= 4 is 10.9 Å². The first-order valence-electron chi connectivity index (χ1n) is 12.9. The maximum Gasteiger partial charge on any atom is 0.123 e. The molecule has 1 aromatic heterocycles. The molecule has 0 spiro atoms. The van der Waals surface area contributed by atoms with Crippen LogP contribution < -0.4 is 9.47 Å². The first-order valence-corrected chi connectivity index (χ1v) is 12.9. The van der Waals surface area contributed by atoms with E-state index in [0.29, 0.717) is 6.54 Å². The van der Waals surface area contributed by atoms with Crippen molar-refractivity contribution in [3.63, 3.8) is 0 Å². The minimum Gasteiger partial charge on any atom is -0.497 e. The van der Waals surface area contributed by atoms with Gasteiger partial charge in [-0.25, -0.2) is 4.39 Å². The van der Waals surface area contributed by atoms with Gasteiger partial charge in [-0.15, -0.1) is 0 Å². The van der Waals surface area contributed by atoms with Crippen LogP contribution >= 0.6 is 0 Å². The number of hydrogen-bond donors (Lipinski definition) is 0. The van der Waals surface area contributed by atoms with Crippen LogP contribution in [0.15, 0.2) is 121 Å². The second-order valence-electron chi connectivity index (χ2n) is 9.49. The number of hydrogen-bond acceptors (Lipinski definition) is 2. The number of fused-ring (bicyclic) bond motifs is 1. The molecule has 0 fully saturated rings. The van der Waals surface area contributed by atoms with Crippen molar-refractivity contribution in [2.45, 2.75) is 6.54 Å². The van der Waals surface area contributed by atoms with Crippen LogP contribution in [-0.4, -0.2) is 18.8 Å². The van der Waals surface area contributed by atoms with Crippen molar-refractivity contribution in [2.75, 3.05) is 14.2 Å². The topological polar surface area (TPSA) is 23.4 Å². The van der Waals surface area contributed by atoms with E-state index in [1.165, 1.54) is 17.7 Å². The number of halogens is 1. The van der Waals surface area contributed by atoms with Crippen molar-refractivity contribution in [3.8, 4) is 45.0 Å². The van der Waals surface area contributed by atoms with Gasteiger partial charge in [0.15, 0.2) is 0 Å². The number of nitrogens with zero attached hydrogens (tertiary/aromatic N) is 1. The quantitative estimate of drug-likeness (QED) is 0.213. The summed E-state index contributed by atoms with van der Waals surface area (Å²) in [6.45, 7) is 0.695. The standard InChI is InChI=1S/C35H28FNO2/c1-38-29-16-10-25(11-17-29)31-20-21-33-32(35(31)27-12-18-30(39-2)19-13-27)22-34(26-8-14-28(36)15-9-26)37(33)23-24-6-4-3-5-7-24/h3-22H,23H2,1-2H3. The van der Waals surface area contributed by atoms with Crippen LogP contribution in [0, 0.1) is 5.82 Å². The zero-order chi connectivity index (χ0) is 26.8. The van der Waals surface area contributed by atoms with Crippen molar-refractivity contribution < 1.29 is 13.9 Å². The van der Waals surface area contributed by atoms with Crippen LogP contribution in [0.2, 0.25) is 0 Å². The van der Waals surface area contributed by atoms with E-state index in [9.17, 15) is 4.39 Å². The van der Waals surface area contributed by atoms with Crippen LogP contribution in [0.5, 0.6) is 11.5 Å². The third kappa shape index (κ3) is 4.77. The lowest BCUT2D eigenvalue weighted by molar-refractivity contribution is 0.414. The molecule has 1 heterocycles. The van der Waals surface area contributed by atoms with Gasteiger partial charge in [0.2, 0.25) is 0 Å². The highest BCUT2D eigenvalue weighted by atomic mass is 19.1. The van der Waals surface area contributed by atoms with Crippen LogP contribution in [0.1, 0.15) is 5.56 Å². The predicted octanol–water partition coefficient (Wildman–Crippen LogP) is 8.85. The number of aromatic nitrogens is 1. The van der Waals surface area contributed by atoms with Crippen LogP contribution in [0.3, 0.4) is 0 Å². The summed E-state index contributed by atoms with van der Waals surface area (Å²) in [6.07, 6.45) is 0. The Bertz CT molecular complexity index is 1720. The van der Waals surface area contributed by atoms with Crippen molar-refractivity contribution in [3.05, 3.63) is 133 Å². The molecule has 4 heteroatoms. The van der Waals surface area contributed by atoms with Gasteiger partial charge < -0.3 is 14.0 Å². The lowest BCUT2D eigenvalue weighted by atomic mass is 9.91. The molecule has 192 valence electrons.